The first kappa shape index (κ1) is 10.8. The highest BCUT2D eigenvalue weighted by molar-refractivity contribution is 5.27. The first-order valence-corrected chi connectivity index (χ1v) is 5.26. The monoisotopic (exact) mass is 218 g/mol. The van der Waals surface area contributed by atoms with Crippen LogP contribution in [-0.4, -0.2) is 21.9 Å². The molecule has 1 N–H and O–H groups in total. The Bertz CT molecular complexity index is 466. The van der Waals surface area contributed by atoms with Crippen LogP contribution in [0.4, 0.5) is 0 Å². The lowest BCUT2D eigenvalue weighted by atomic mass is 10.1. The zero-order chi connectivity index (χ0) is 11.4. The van der Waals surface area contributed by atoms with Gasteiger partial charge in [0.05, 0.1) is 13.0 Å². The first-order chi connectivity index (χ1) is 7.79. The minimum Gasteiger partial charge on any atom is -0.396 e. The molecule has 0 saturated heterocycles. The summed E-state index contributed by atoms with van der Waals surface area (Å²) in [4.78, 5) is 4.20. The summed E-state index contributed by atoms with van der Waals surface area (Å²) in [5, 5.41) is 12.5. The van der Waals surface area contributed by atoms with E-state index >= 15 is 0 Å². The van der Waals surface area contributed by atoms with Crippen LogP contribution >= 0.6 is 0 Å². The molecule has 2 rings (SSSR count). The van der Waals surface area contributed by atoms with E-state index in [2.05, 4.69) is 23.1 Å². The average Bonchev–Trinajstić information content (AvgIpc) is 2.70. The molecule has 84 valence electrons. The summed E-state index contributed by atoms with van der Waals surface area (Å²) in [5.41, 5.74) is 2.39. The van der Waals surface area contributed by atoms with Crippen molar-refractivity contribution in [3.63, 3.8) is 0 Å². The smallest absolute Gasteiger partial charge is 0.231 e. The van der Waals surface area contributed by atoms with Gasteiger partial charge in [0.1, 0.15) is 0 Å². The molecule has 0 radical (unpaired) electrons. The third-order valence-electron chi connectivity index (χ3n) is 2.45. The fraction of sp³-hybridized carbons (Fsp3) is 0.333. The van der Waals surface area contributed by atoms with E-state index in [1.54, 1.807) is 0 Å². The van der Waals surface area contributed by atoms with E-state index in [1.165, 1.54) is 11.1 Å². The maximum absolute atomic E-state index is 8.74. The van der Waals surface area contributed by atoms with Crippen LogP contribution in [0, 0.1) is 6.92 Å². The highest BCUT2D eigenvalue weighted by Crippen LogP contribution is 2.12. The number of nitrogens with zero attached hydrogens (tertiary/aromatic N) is 2. The van der Waals surface area contributed by atoms with Gasteiger partial charge in [0.15, 0.2) is 5.82 Å². The van der Waals surface area contributed by atoms with Gasteiger partial charge >= 0.3 is 0 Å². The van der Waals surface area contributed by atoms with Crippen LogP contribution in [0.2, 0.25) is 0 Å². The van der Waals surface area contributed by atoms with E-state index in [-0.39, 0.29) is 6.61 Å². The average molecular weight is 218 g/mol. The van der Waals surface area contributed by atoms with E-state index in [0.717, 1.165) is 0 Å². The quantitative estimate of drug-likeness (QED) is 0.845. The number of aliphatic hydroxyl groups excluding tert-OH is 1. The number of hydrogen-bond acceptors (Lipinski definition) is 4. The molecule has 0 bridgehead atoms. The largest absolute Gasteiger partial charge is 0.396 e. The number of aryl methyl sites for hydroxylation is 1. The highest BCUT2D eigenvalue weighted by atomic mass is 16.5. The zero-order valence-corrected chi connectivity index (χ0v) is 9.18. The van der Waals surface area contributed by atoms with Gasteiger partial charge in [0, 0.05) is 6.42 Å². The van der Waals surface area contributed by atoms with Crippen LogP contribution in [-0.2, 0) is 12.8 Å². The molecule has 1 heterocycles. The minimum absolute atomic E-state index is 0.0450. The Balaban J connectivity index is 2.11. The third-order valence-corrected chi connectivity index (χ3v) is 2.45. The zero-order valence-electron chi connectivity index (χ0n) is 9.18. The molecule has 0 fully saturated rings. The second kappa shape index (κ2) is 4.90. The fourth-order valence-electron chi connectivity index (χ4n) is 1.53. The molecule has 2 aromatic rings. The van der Waals surface area contributed by atoms with Crippen molar-refractivity contribution in [1.82, 2.24) is 10.1 Å². The first-order valence-electron chi connectivity index (χ1n) is 5.26. The van der Waals surface area contributed by atoms with Crippen molar-refractivity contribution >= 4 is 0 Å². The Labute approximate surface area is 93.9 Å². The number of aliphatic hydroxyl groups is 1. The second-order valence-electron chi connectivity index (χ2n) is 3.68. The normalized spacial score (nSPS) is 10.6. The lowest BCUT2D eigenvalue weighted by molar-refractivity contribution is 0.293. The van der Waals surface area contributed by atoms with Gasteiger partial charge < -0.3 is 9.63 Å². The predicted molar refractivity (Wildman–Crippen MR) is 59.1 cm³/mol. The van der Waals surface area contributed by atoms with Gasteiger partial charge in [0.2, 0.25) is 5.89 Å². The maximum Gasteiger partial charge on any atom is 0.231 e. The summed E-state index contributed by atoms with van der Waals surface area (Å²) in [6.07, 6.45) is 1.09. The molecule has 0 aliphatic carbocycles. The molecule has 1 aromatic heterocycles. The summed E-state index contributed by atoms with van der Waals surface area (Å²) < 4.78 is 5.10. The molecular weight excluding hydrogens is 204 g/mol. The van der Waals surface area contributed by atoms with Crippen LogP contribution in [0.5, 0.6) is 0 Å². The minimum atomic E-state index is 0.0450. The van der Waals surface area contributed by atoms with Crippen molar-refractivity contribution in [3.8, 4) is 0 Å². The van der Waals surface area contributed by atoms with Gasteiger partial charge in [-0.25, -0.2) is 0 Å². The Morgan fingerprint density at radius 2 is 2.12 bits per heavy atom. The van der Waals surface area contributed by atoms with E-state index in [9.17, 15) is 0 Å². The predicted octanol–water partition coefficient (Wildman–Crippen LogP) is 1.50. The van der Waals surface area contributed by atoms with Crippen LogP contribution in [0.15, 0.2) is 28.8 Å². The molecular formula is C12H14N2O2. The van der Waals surface area contributed by atoms with Crippen LogP contribution in [0.1, 0.15) is 22.8 Å². The fourth-order valence-corrected chi connectivity index (χ4v) is 1.53. The molecule has 0 aliphatic rings. The molecule has 4 heteroatoms. The molecule has 0 atom stereocenters. The van der Waals surface area contributed by atoms with Gasteiger partial charge in [-0.2, -0.15) is 4.98 Å². The van der Waals surface area contributed by atoms with E-state index in [4.69, 9.17) is 9.63 Å². The standard InChI is InChI=1S/C12H14N2O2/c1-9-4-2-3-5-10(9)8-12-13-11(6-7-15)14-16-12/h2-5,15H,6-8H2,1H3. The van der Waals surface area contributed by atoms with Crippen LogP contribution in [0.3, 0.4) is 0 Å². The second-order valence-corrected chi connectivity index (χ2v) is 3.68. The Morgan fingerprint density at radius 1 is 1.31 bits per heavy atom. The Kier molecular flexibility index (Phi) is 3.31. The molecule has 1 aromatic carbocycles. The number of benzene rings is 1. The van der Waals surface area contributed by atoms with Crippen molar-refractivity contribution in [1.29, 1.82) is 0 Å². The summed E-state index contributed by atoms with van der Waals surface area (Å²) in [6.45, 7) is 2.10. The molecule has 4 nitrogen and oxygen atoms in total. The van der Waals surface area contributed by atoms with Gasteiger partial charge in [-0.05, 0) is 18.1 Å². The van der Waals surface area contributed by atoms with Gasteiger partial charge in [-0.3, -0.25) is 0 Å². The van der Waals surface area contributed by atoms with Crippen LogP contribution in [0.25, 0.3) is 0 Å². The Hall–Kier alpha value is -1.68. The van der Waals surface area contributed by atoms with Crippen molar-refractivity contribution in [2.45, 2.75) is 19.8 Å². The van der Waals surface area contributed by atoms with Crippen molar-refractivity contribution in [3.05, 3.63) is 47.1 Å². The number of rotatable bonds is 4. The molecule has 0 aliphatic heterocycles. The lowest BCUT2D eigenvalue weighted by Crippen LogP contribution is -1.94. The van der Waals surface area contributed by atoms with E-state index < -0.39 is 0 Å². The molecule has 0 unspecified atom stereocenters. The topological polar surface area (TPSA) is 59.2 Å². The molecule has 0 amide bonds. The molecule has 0 spiro atoms. The maximum atomic E-state index is 8.74. The summed E-state index contributed by atoms with van der Waals surface area (Å²) in [6, 6.07) is 8.10. The number of hydrogen-bond donors (Lipinski definition) is 1. The lowest BCUT2D eigenvalue weighted by Gasteiger charge is -2.00. The SMILES string of the molecule is Cc1ccccc1Cc1nc(CCO)no1. The molecule has 0 saturated carbocycles. The van der Waals surface area contributed by atoms with Crippen molar-refractivity contribution in [2.75, 3.05) is 6.61 Å². The summed E-state index contributed by atoms with van der Waals surface area (Å²) >= 11 is 0. The molecule has 16 heavy (non-hydrogen) atoms. The van der Waals surface area contributed by atoms with Crippen molar-refractivity contribution < 1.29 is 9.63 Å². The summed E-state index contributed by atoms with van der Waals surface area (Å²) in [5.74, 6) is 1.16. The van der Waals surface area contributed by atoms with E-state index in [1.807, 2.05) is 18.2 Å². The van der Waals surface area contributed by atoms with Gasteiger partial charge in [-0.1, -0.05) is 29.4 Å². The van der Waals surface area contributed by atoms with Gasteiger partial charge in [0.25, 0.3) is 0 Å². The van der Waals surface area contributed by atoms with Gasteiger partial charge in [-0.15, -0.1) is 0 Å². The Morgan fingerprint density at radius 3 is 2.88 bits per heavy atom. The summed E-state index contributed by atoms with van der Waals surface area (Å²) in [7, 11) is 0. The number of aromatic nitrogens is 2. The third kappa shape index (κ3) is 2.46. The highest BCUT2D eigenvalue weighted by Gasteiger charge is 2.07. The van der Waals surface area contributed by atoms with Crippen molar-refractivity contribution in [2.24, 2.45) is 0 Å². The van der Waals surface area contributed by atoms with E-state index in [0.29, 0.717) is 24.6 Å². The van der Waals surface area contributed by atoms with Crippen LogP contribution < -0.4 is 0 Å².